The quantitative estimate of drug-likeness (QED) is 0.528. The molecule has 2 aromatic carbocycles. The zero-order valence-corrected chi connectivity index (χ0v) is 22.1. The van der Waals surface area contributed by atoms with Gasteiger partial charge in [-0.1, -0.05) is 31.5 Å². The van der Waals surface area contributed by atoms with Crippen molar-refractivity contribution in [1.82, 2.24) is 20.4 Å². The molecule has 0 spiro atoms. The van der Waals surface area contributed by atoms with Crippen molar-refractivity contribution in [1.29, 1.82) is 0 Å². The van der Waals surface area contributed by atoms with Gasteiger partial charge in [-0.3, -0.25) is 5.32 Å². The van der Waals surface area contributed by atoms with Crippen LogP contribution in [0.2, 0.25) is 0 Å². The number of aliphatic imine (C=N–C) groups is 1. The van der Waals surface area contributed by atoms with E-state index < -0.39 is 0 Å². The molecule has 2 aliphatic rings. The average Bonchev–Trinajstić information content (AvgIpc) is 2.87. The van der Waals surface area contributed by atoms with E-state index in [4.69, 9.17) is 9.73 Å². The van der Waals surface area contributed by atoms with Gasteiger partial charge in [0, 0.05) is 39.4 Å². The van der Waals surface area contributed by atoms with Gasteiger partial charge in [-0.05, 0) is 74.0 Å². The number of carbonyl (C=O) groups excluding carboxylic acids is 1. The van der Waals surface area contributed by atoms with E-state index in [1.807, 2.05) is 43.3 Å². The van der Waals surface area contributed by atoms with E-state index in [-0.39, 0.29) is 17.9 Å². The van der Waals surface area contributed by atoms with Crippen LogP contribution in [0, 0.1) is 5.82 Å². The number of amidine groups is 1. The number of likely N-dealkylation sites (tertiary alicyclic amines) is 1. The van der Waals surface area contributed by atoms with Crippen LogP contribution in [0.25, 0.3) is 0 Å². The third-order valence-corrected chi connectivity index (χ3v) is 6.66. The molecule has 0 radical (unpaired) electrons. The highest BCUT2D eigenvalue weighted by atomic mass is 19.1. The number of amides is 2. The number of aryl methyl sites for hydroxylation is 2. The first kappa shape index (κ1) is 26.7. The fraction of sp³-hybridized carbons (Fsp3) is 0.448. The Kier molecular flexibility index (Phi) is 9.17. The number of rotatable bonds is 8. The highest BCUT2D eigenvalue weighted by molar-refractivity contribution is 6.08. The van der Waals surface area contributed by atoms with Crippen molar-refractivity contribution < 1.29 is 13.9 Å². The highest BCUT2D eigenvalue weighted by Gasteiger charge is 2.24. The molecule has 7 nitrogen and oxygen atoms in total. The molecule has 0 saturated carbocycles. The molecule has 2 N–H and O–H groups in total. The molecule has 0 atom stereocenters. The molecule has 0 aliphatic carbocycles. The van der Waals surface area contributed by atoms with E-state index in [0.29, 0.717) is 23.0 Å². The maximum absolute atomic E-state index is 13.5. The van der Waals surface area contributed by atoms with Gasteiger partial charge in [0.1, 0.15) is 11.5 Å². The van der Waals surface area contributed by atoms with Gasteiger partial charge >= 0.3 is 6.03 Å². The number of carbonyl (C=O) groups is 1. The van der Waals surface area contributed by atoms with Crippen LogP contribution in [0.4, 0.5) is 14.9 Å². The van der Waals surface area contributed by atoms with Crippen molar-refractivity contribution in [2.24, 2.45) is 4.99 Å². The molecule has 1 fully saturated rings. The number of benzene rings is 2. The van der Waals surface area contributed by atoms with E-state index in [2.05, 4.69) is 22.5 Å². The Balaban J connectivity index is 1.42. The van der Waals surface area contributed by atoms with Crippen LogP contribution in [0.5, 0.6) is 5.75 Å². The number of fused-ring (bicyclic) bond motifs is 1. The molecule has 2 heterocycles. The minimum Gasteiger partial charge on any atom is -0.450 e. The maximum atomic E-state index is 13.5. The number of hydrogen-bond acceptors (Lipinski definition) is 5. The van der Waals surface area contributed by atoms with E-state index >= 15 is 0 Å². The van der Waals surface area contributed by atoms with Crippen molar-refractivity contribution in [2.45, 2.75) is 51.5 Å². The van der Waals surface area contributed by atoms with E-state index in [9.17, 15) is 9.18 Å². The van der Waals surface area contributed by atoms with Crippen molar-refractivity contribution in [2.75, 3.05) is 33.7 Å². The second-order valence-corrected chi connectivity index (χ2v) is 10.0. The summed E-state index contributed by atoms with van der Waals surface area (Å²) in [6, 6.07) is 12.4. The molecule has 198 valence electrons. The monoisotopic (exact) mass is 507 g/mol. The molecular formula is C29H38FN5O2. The molecule has 2 aliphatic heterocycles. The SMILES string of the molecule is CCCCN1CCC(NC(=O)NC2=Nc3cc(CCc4cccc(F)c4)ccc3O/C2=C\N(C)C)CC1. The Bertz CT molecular complexity index is 1140. The summed E-state index contributed by atoms with van der Waals surface area (Å²) < 4.78 is 19.6. The standard InChI is InChI=1S/C29H38FN5O2/c1-4-5-15-35-16-13-24(14-17-35)31-29(36)33-28-27(20-34(2)3)37-26-12-11-22(19-25(26)32-28)10-9-21-7-6-8-23(30)18-21/h6-8,11-12,18-20,24H,4-5,9-10,13-17H2,1-3H3,(H2,31,32,33,36)/b27-20-. The third kappa shape index (κ3) is 7.79. The molecule has 8 heteroatoms. The molecule has 2 amide bonds. The predicted octanol–water partition coefficient (Wildman–Crippen LogP) is 5.00. The van der Waals surface area contributed by atoms with Crippen LogP contribution in [0.15, 0.2) is 59.4 Å². The summed E-state index contributed by atoms with van der Waals surface area (Å²) in [5.41, 5.74) is 2.67. The van der Waals surface area contributed by atoms with Crippen LogP contribution in [0.3, 0.4) is 0 Å². The summed E-state index contributed by atoms with van der Waals surface area (Å²) in [7, 11) is 3.79. The Labute approximate surface area is 219 Å². The van der Waals surface area contributed by atoms with Crippen molar-refractivity contribution >= 4 is 17.6 Å². The first-order chi connectivity index (χ1) is 17.9. The zero-order valence-electron chi connectivity index (χ0n) is 22.1. The van der Waals surface area contributed by atoms with Crippen molar-refractivity contribution in [3.63, 3.8) is 0 Å². The van der Waals surface area contributed by atoms with Crippen LogP contribution >= 0.6 is 0 Å². The minimum atomic E-state index is -0.273. The second-order valence-electron chi connectivity index (χ2n) is 10.0. The fourth-order valence-corrected chi connectivity index (χ4v) is 4.64. The molecule has 2 aromatic rings. The number of ether oxygens (including phenoxy) is 1. The lowest BCUT2D eigenvalue weighted by Crippen LogP contribution is -2.49. The Morgan fingerprint density at radius 3 is 2.62 bits per heavy atom. The summed E-state index contributed by atoms with van der Waals surface area (Å²) in [6.07, 6.45) is 7.56. The molecule has 1 saturated heterocycles. The summed E-state index contributed by atoms with van der Waals surface area (Å²) >= 11 is 0. The van der Waals surface area contributed by atoms with E-state index in [1.165, 1.54) is 18.9 Å². The summed E-state index contributed by atoms with van der Waals surface area (Å²) in [4.78, 5) is 22.0. The number of piperidine rings is 1. The Morgan fingerprint density at radius 1 is 1.16 bits per heavy atom. The maximum Gasteiger partial charge on any atom is 0.320 e. The number of halogens is 1. The van der Waals surface area contributed by atoms with Gasteiger partial charge in [0.25, 0.3) is 0 Å². The average molecular weight is 508 g/mol. The van der Waals surface area contributed by atoms with Gasteiger partial charge in [-0.25, -0.2) is 14.2 Å². The summed E-state index contributed by atoms with van der Waals surface area (Å²) in [5.74, 6) is 1.26. The van der Waals surface area contributed by atoms with E-state index in [1.54, 1.807) is 18.3 Å². The van der Waals surface area contributed by atoms with Gasteiger partial charge in [0.15, 0.2) is 17.3 Å². The van der Waals surface area contributed by atoms with Gasteiger partial charge in [-0.2, -0.15) is 0 Å². The molecular weight excluding hydrogens is 469 g/mol. The number of hydrogen-bond donors (Lipinski definition) is 2. The highest BCUT2D eigenvalue weighted by Crippen LogP contribution is 2.34. The zero-order chi connectivity index (χ0) is 26.2. The van der Waals surface area contributed by atoms with E-state index in [0.717, 1.165) is 56.4 Å². The smallest absolute Gasteiger partial charge is 0.320 e. The minimum absolute atomic E-state index is 0.144. The van der Waals surface area contributed by atoms with Gasteiger partial charge in [0.05, 0.1) is 0 Å². The first-order valence-electron chi connectivity index (χ1n) is 13.2. The van der Waals surface area contributed by atoms with Crippen LogP contribution < -0.4 is 15.4 Å². The Morgan fingerprint density at radius 2 is 1.92 bits per heavy atom. The molecule has 0 bridgehead atoms. The normalized spacial score (nSPS) is 17.1. The number of nitrogens with one attached hydrogen (secondary N) is 2. The van der Waals surface area contributed by atoms with Crippen LogP contribution in [-0.4, -0.2) is 61.4 Å². The van der Waals surface area contributed by atoms with Crippen molar-refractivity contribution in [3.05, 3.63) is 71.4 Å². The molecule has 37 heavy (non-hydrogen) atoms. The van der Waals surface area contributed by atoms with Crippen LogP contribution in [-0.2, 0) is 12.8 Å². The van der Waals surface area contributed by atoms with Gasteiger partial charge < -0.3 is 19.9 Å². The topological polar surface area (TPSA) is 69.2 Å². The first-order valence-corrected chi connectivity index (χ1v) is 13.2. The second kappa shape index (κ2) is 12.7. The summed E-state index contributed by atoms with van der Waals surface area (Å²) in [5, 5.41) is 6.03. The molecule has 0 unspecified atom stereocenters. The fourth-order valence-electron chi connectivity index (χ4n) is 4.64. The number of unbranched alkanes of at least 4 members (excludes halogenated alkanes) is 1. The lowest BCUT2D eigenvalue weighted by Gasteiger charge is -2.32. The lowest BCUT2D eigenvalue weighted by atomic mass is 10.0. The predicted molar refractivity (Wildman–Crippen MR) is 146 cm³/mol. The lowest BCUT2D eigenvalue weighted by molar-refractivity contribution is 0.192. The largest absolute Gasteiger partial charge is 0.450 e. The molecule has 0 aromatic heterocycles. The number of nitrogens with zero attached hydrogens (tertiary/aromatic N) is 3. The summed E-state index contributed by atoms with van der Waals surface area (Å²) in [6.45, 7) is 5.35. The molecule has 4 rings (SSSR count). The van der Waals surface area contributed by atoms with Crippen molar-refractivity contribution in [3.8, 4) is 5.75 Å². The van der Waals surface area contributed by atoms with Crippen LogP contribution in [0.1, 0.15) is 43.7 Å². The number of urea groups is 1. The Hall–Kier alpha value is -3.39. The van der Waals surface area contributed by atoms with Gasteiger partial charge in [0.2, 0.25) is 0 Å². The third-order valence-electron chi connectivity index (χ3n) is 6.66. The van der Waals surface area contributed by atoms with Gasteiger partial charge in [-0.15, -0.1) is 0 Å².